The van der Waals surface area contributed by atoms with Crippen molar-refractivity contribution in [1.82, 2.24) is 0 Å². The van der Waals surface area contributed by atoms with Crippen LogP contribution in [0.25, 0.3) is 11.1 Å². The molecule has 0 saturated carbocycles. The lowest BCUT2D eigenvalue weighted by Gasteiger charge is -2.42. The Kier molecular flexibility index (Phi) is 12.6. The molecule has 0 aromatic heterocycles. The summed E-state index contributed by atoms with van der Waals surface area (Å²) in [4.78, 5) is 0. The quantitative estimate of drug-likeness (QED) is 0.160. The van der Waals surface area contributed by atoms with Gasteiger partial charge in [-0.05, 0) is 102 Å². The number of rotatable bonds is 18. The molecule has 2 heterocycles. The van der Waals surface area contributed by atoms with E-state index in [0.717, 1.165) is 33.2 Å². The van der Waals surface area contributed by atoms with E-state index in [1.54, 1.807) is 14.2 Å². The van der Waals surface area contributed by atoms with Crippen LogP contribution < -0.4 is 10.9 Å². The average molecular weight is 711 g/mol. The van der Waals surface area contributed by atoms with Crippen molar-refractivity contribution in [3.63, 3.8) is 0 Å². The molecule has 2 saturated heterocycles. The number of hydrogen-bond acceptors (Lipinski definition) is 10. The van der Waals surface area contributed by atoms with Crippen LogP contribution in [0.2, 0.25) is 0 Å². The summed E-state index contributed by atoms with van der Waals surface area (Å²) >= 11 is 0. The summed E-state index contributed by atoms with van der Waals surface area (Å²) in [6, 6.07) is 13.1. The molecule has 0 N–H and O–H groups in total. The molecule has 2 fully saturated rings. The molecule has 2 aromatic rings. The fourth-order valence-corrected chi connectivity index (χ4v) is 7.20. The third kappa shape index (κ3) is 7.88. The largest absolute Gasteiger partial charge is 0.494 e. The number of fused-ring (bicyclic) bond motifs is 3. The van der Waals surface area contributed by atoms with E-state index >= 15 is 0 Å². The topological polar surface area (TPSA) is 92.3 Å². The van der Waals surface area contributed by atoms with E-state index in [1.165, 1.54) is 0 Å². The van der Waals surface area contributed by atoms with Crippen molar-refractivity contribution >= 4 is 25.2 Å². The molecule has 12 heteroatoms. The highest BCUT2D eigenvalue weighted by molar-refractivity contribution is 6.62. The summed E-state index contributed by atoms with van der Waals surface area (Å²) in [5.41, 5.74) is 3.64. The molecule has 2 aliphatic heterocycles. The Bertz CT molecular complexity index is 1340. The SMILES string of the molecule is COCCOCCOC(C)C1(C(C)OCCOCCOC)c2cc(B3OC(C)(C)C(C)(C)O3)ccc2-c2ccc(B3OC(C)(C)C(C)(C)O3)cc21. The van der Waals surface area contributed by atoms with Crippen LogP contribution in [0.15, 0.2) is 36.4 Å². The number of ether oxygens (including phenoxy) is 6. The molecule has 1 aliphatic carbocycles. The molecule has 0 spiro atoms. The van der Waals surface area contributed by atoms with Gasteiger partial charge in [0.2, 0.25) is 0 Å². The monoisotopic (exact) mass is 710 g/mol. The van der Waals surface area contributed by atoms with Gasteiger partial charge in [-0.1, -0.05) is 36.4 Å². The van der Waals surface area contributed by atoms with Crippen molar-refractivity contribution in [2.45, 2.75) is 109 Å². The van der Waals surface area contributed by atoms with Gasteiger partial charge in [0.1, 0.15) is 0 Å². The van der Waals surface area contributed by atoms with Gasteiger partial charge < -0.3 is 47.0 Å². The third-order valence-electron chi connectivity index (χ3n) is 11.7. The van der Waals surface area contributed by atoms with Crippen LogP contribution in [-0.4, -0.2) is 116 Å². The van der Waals surface area contributed by atoms with Gasteiger partial charge in [0, 0.05) is 14.2 Å². The lowest BCUT2D eigenvalue weighted by atomic mass is 9.66. The lowest BCUT2D eigenvalue weighted by molar-refractivity contribution is -0.0776. The van der Waals surface area contributed by atoms with Crippen molar-refractivity contribution in [2.75, 3.05) is 67.1 Å². The Morgan fingerprint density at radius 1 is 0.510 bits per heavy atom. The third-order valence-corrected chi connectivity index (χ3v) is 11.7. The van der Waals surface area contributed by atoms with Gasteiger partial charge in [-0.2, -0.15) is 0 Å². The second kappa shape index (κ2) is 15.9. The van der Waals surface area contributed by atoms with E-state index in [-0.39, 0.29) is 12.2 Å². The minimum atomic E-state index is -0.747. The van der Waals surface area contributed by atoms with Gasteiger partial charge in [0.25, 0.3) is 0 Å². The molecule has 5 rings (SSSR count). The van der Waals surface area contributed by atoms with Gasteiger partial charge in [-0.3, -0.25) is 0 Å². The predicted octanol–water partition coefficient (Wildman–Crippen LogP) is 4.69. The van der Waals surface area contributed by atoms with Gasteiger partial charge in [0.05, 0.1) is 92.9 Å². The minimum Gasteiger partial charge on any atom is -0.399 e. The molecule has 51 heavy (non-hydrogen) atoms. The van der Waals surface area contributed by atoms with Crippen LogP contribution in [0, 0.1) is 0 Å². The fraction of sp³-hybridized carbons (Fsp3) is 0.692. The summed E-state index contributed by atoms with van der Waals surface area (Å²) in [5, 5.41) is 0. The van der Waals surface area contributed by atoms with E-state index in [4.69, 9.17) is 47.0 Å². The van der Waals surface area contributed by atoms with Gasteiger partial charge in [0.15, 0.2) is 0 Å². The van der Waals surface area contributed by atoms with Crippen LogP contribution in [0.4, 0.5) is 0 Å². The fourth-order valence-electron chi connectivity index (χ4n) is 7.20. The first kappa shape index (κ1) is 40.4. The molecule has 282 valence electrons. The van der Waals surface area contributed by atoms with Crippen LogP contribution in [-0.2, 0) is 52.5 Å². The normalized spacial score (nSPS) is 21.9. The predicted molar refractivity (Wildman–Crippen MR) is 200 cm³/mol. The number of hydrogen-bond donors (Lipinski definition) is 0. The Labute approximate surface area is 306 Å². The van der Waals surface area contributed by atoms with Crippen molar-refractivity contribution in [3.05, 3.63) is 47.5 Å². The zero-order chi connectivity index (χ0) is 37.2. The molecule has 2 aromatic carbocycles. The molecule has 3 aliphatic rings. The summed E-state index contributed by atoms with van der Waals surface area (Å²) < 4.78 is 61.7. The smallest absolute Gasteiger partial charge is 0.399 e. The first-order valence-corrected chi connectivity index (χ1v) is 18.4. The molecule has 0 bridgehead atoms. The van der Waals surface area contributed by atoms with Gasteiger partial charge in [-0.25, -0.2) is 0 Å². The van der Waals surface area contributed by atoms with Crippen LogP contribution in [0.5, 0.6) is 0 Å². The molecule has 2 unspecified atom stereocenters. The molecule has 0 amide bonds. The first-order valence-electron chi connectivity index (χ1n) is 18.4. The lowest BCUT2D eigenvalue weighted by Crippen LogP contribution is -2.50. The second-order valence-corrected chi connectivity index (χ2v) is 15.9. The second-order valence-electron chi connectivity index (χ2n) is 15.9. The van der Waals surface area contributed by atoms with Gasteiger partial charge in [-0.15, -0.1) is 0 Å². The zero-order valence-electron chi connectivity index (χ0n) is 33.0. The molecule has 10 nitrogen and oxygen atoms in total. The van der Waals surface area contributed by atoms with Crippen molar-refractivity contribution in [3.8, 4) is 11.1 Å². The maximum atomic E-state index is 6.75. The van der Waals surface area contributed by atoms with Crippen LogP contribution in [0.3, 0.4) is 0 Å². The summed E-state index contributed by atoms with van der Waals surface area (Å²) in [6.45, 7) is 24.6. The average Bonchev–Trinajstić information content (AvgIpc) is 3.58. The van der Waals surface area contributed by atoms with E-state index in [2.05, 4.69) is 106 Å². The molecular formula is C39H60B2O10. The van der Waals surface area contributed by atoms with Crippen molar-refractivity contribution in [2.24, 2.45) is 0 Å². The van der Waals surface area contributed by atoms with Crippen molar-refractivity contribution < 1.29 is 47.0 Å². The summed E-state index contributed by atoms with van der Waals surface area (Å²) in [5.74, 6) is 0. The van der Waals surface area contributed by atoms with E-state index < -0.39 is 42.1 Å². The van der Waals surface area contributed by atoms with Crippen LogP contribution in [0.1, 0.15) is 80.4 Å². The summed E-state index contributed by atoms with van der Waals surface area (Å²) in [6.07, 6.45) is -0.676. The highest BCUT2D eigenvalue weighted by Crippen LogP contribution is 2.54. The maximum absolute atomic E-state index is 6.75. The Balaban J connectivity index is 1.60. The zero-order valence-corrected chi connectivity index (χ0v) is 33.0. The summed E-state index contributed by atoms with van der Waals surface area (Å²) in [7, 11) is 2.27. The molecule has 2 atom stereocenters. The van der Waals surface area contributed by atoms with Gasteiger partial charge >= 0.3 is 14.2 Å². The van der Waals surface area contributed by atoms with Crippen molar-refractivity contribution in [1.29, 1.82) is 0 Å². The minimum absolute atomic E-state index is 0.338. The molecule has 0 radical (unpaired) electrons. The van der Waals surface area contributed by atoms with Crippen LogP contribution >= 0.6 is 0 Å². The van der Waals surface area contributed by atoms with E-state index in [9.17, 15) is 0 Å². The van der Waals surface area contributed by atoms with E-state index in [1.807, 2.05) is 0 Å². The van der Waals surface area contributed by atoms with E-state index in [0.29, 0.717) is 52.9 Å². The highest BCUT2D eigenvalue weighted by atomic mass is 16.7. The maximum Gasteiger partial charge on any atom is 0.494 e. The Hall–Kier alpha value is -1.83. The standard InChI is InChI=1S/C39H60B2O10/c1-27(46-23-21-44-19-17-42-11)39(28(2)47-24-22-45-20-18-43-12)33-25-29(40-48-35(3,4)36(5,6)49-40)13-15-31(33)32-16-14-30(26-34(32)39)41-50-37(7,8)38(9,10)51-41/h13-16,25-28H,17-24H2,1-12H3. The Morgan fingerprint density at radius 3 is 1.18 bits per heavy atom. The number of methoxy groups -OCH3 is 2. The Morgan fingerprint density at radius 2 is 0.843 bits per heavy atom. The molecular weight excluding hydrogens is 650 g/mol. The highest BCUT2D eigenvalue weighted by Gasteiger charge is 2.56. The number of benzene rings is 2. The first-order chi connectivity index (χ1) is 24.0.